The van der Waals surface area contributed by atoms with Gasteiger partial charge in [0.05, 0.1) is 34.9 Å². The van der Waals surface area contributed by atoms with E-state index in [9.17, 15) is 90.4 Å². The van der Waals surface area contributed by atoms with Crippen LogP contribution in [0.3, 0.4) is 0 Å². The molecule has 2 aliphatic rings. The molecule has 2 heterocycles. The summed E-state index contributed by atoms with van der Waals surface area (Å²) in [6.07, 6.45) is -11.8. The van der Waals surface area contributed by atoms with Crippen molar-refractivity contribution in [1.82, 2.24) is 0 Å². The van der Waals surface area contributed by atoms with Gasteiger partial charge in [-0.25, -0.2) is 24.0 Å². The Hall–Kier alpha value is -9.39. The maximum atomic E-state index is 14.5. The zero-order valence-corrected chi connectivity index (χ0v) is 34.4. The number of hydrogen-bond acceptors (Lipinski definition) is 25. The van der Waals surface area contributed by atoms with Crippen molar-refractivity contribution in [2.45, 2.75) is 37.6 Å². The lowest BCUT2D eigenvalue weighted by Crippen LogP contribution is -2.63. The van der Waals surface area contributed by atoms with E-state index in [1.165, 1.54) is 6.92 Å². The van der Waals surface area contributed by atoms with Crippen molar-refractivity contribution < 1.29 is 124 Å². The first-order chi connectivity index (χ1) is 32.0. The minimum absolute atomic E-state index is 0.102. The number of aromatic hydroxyl groups is 13. The van der Waals surface area contributed by atoms with E-state index in [1.54, 1.807) is 0 Å². The first-order valence-corrected chi connectivity index (χ1v) is 19.1. The van der Waals surface area contributed by atoms with Gasteiger partial charge in [0.2, 0.25) is 23.9 Å². The molecule has 0 radical (unpaired) electrons. The maximum absolute atomic E-state index is 14.5. The molecule has 1 fully saturated rings. The molecular weight excluding hydrogens is 916 g/mol. The number of cyclic esters (lactones) is 1. The van der Waals surface area contributed by atoms with Gasteiger partial charge in [-0.1, -0.05) is 0 Å². The van der Waals surface area contributed by atoms with E-state index in [0.29, 0.717) is 36.4 Å². The predicted molar refractivity (Wildman–Crippen MR) is 216 cm³/mol. The lowest BCUT2D eigenvalue weighted by Gasteiger charge is -2.43. The molecule has 5 atom stereocenters. The summed E-state index contributed by atoms with van der Waals surface area (Å²) in [6.45, 7) is 0.0701. The van der Waals surface area contributed by atoms with Gasteiger partial charge in [0.25, 0.3) is 0 Å². The van der Waals surface area contributed by atoms with E-state index >= 15 is 0 Å². The summed E-state index contributed by atoms with van der Waals surface area (Å²) in [5.74, 6) is -22.8. The van der Waals surface area contributed by atoms with Crippen LogP contribution in [0.2, 0.25) is 0 Å². The topological polar surface area (TPSA) is 413 Å². The summed E-state index contributed by atoms with van der Waals surface area (Å²) in [5.41, 5.74) is -5.96. The number of phenols is 13. The van der Waals surface area contributed by atoms with Gasteiger partial charge in [0.15, 0.2) is 81.2 Å². The van der Waals surface area contributed by atoms with E-state index in [2.05, 4.69) is 0 Å². The minimum Gasteiger partial charge on any atom is -0.504 e. The Morgan fingerprint density at radius 3 is 1.47 bits per heavy atom. The number of esters is 5. The van der Waals surface area contributed by atoms with Crippen molar-refractivity contribution in [2.24, 2.45) is 0 Å². The number of phenolic OH excluding ortho intramolecular Hbond substituents is 13. The molecule has 1 saturated heterocycles. The number of rotatable bonds is 7. The highest BCUT2D eigenvalue weighted by Gasteiger charge is 2.55. The van der Waals surface area contributed by atoms with Crippen LogP contribution in [0.5, 0.6) is 80.5 Å². The Labute approximate surface area is 377 Å². The molecule has 0 aliphatic carbocycles. The molecule has 356 valence electrons. The van der Waals surface area contributed by atoms with Gasteiger partial charge in [-0.3, -0.25) is 0 Å². The highest BCUT2D eigenvalue weighted by atomic mass is 16.7. The Morgan fingerprint density at radius 1 is 0.515 bits per heavy atom. The lowest BCUT2D eigenvalue weighted by molar-refractivity contribution is -0.282. The van der Waals surface area contributed by atoms with Crippen molar-refractivity contribution in [3.8, 4) is 91.6 Å². The predicted octanol–water partition coefficient (Wildman–Crippen LogP) is 2.57. The second-order valence-electron chi connectivity index (χ2n) is 14.8. The molecule has 13 N–H and O–H groups in total. The van der Waals surface area contributed by atoms with Crippen LogP contribution in [0.15, 0.2) is 48.5 Å². The zero-order chi connectivity index (χ0) is 49.8. The van der Waals surface area contributed by atoms with E-state index in [0.717, 1.165) is 19.2 Å². The van der Waals surface area contributed by atoms with Crippen LogP contribution in [0.25, 0.3) is 11.1 Å². The molecule has 68 heavy (non-hydrogen) atoms. The second kappa shape index (κ2) is 17.5. The highest BCUT2D eigenvalue weighted by molar-refractivity contribution is 6.08. The van der Waals surface area contributed by atoms with Gasteiger partial charge < -0.3 is 99.5 Å². The van der Waals surface area contributed by atoms with Crippen molar-refractivity contribution in [3.05, 3.63) is 81.9 Å². The average Bonchev–Trinajstić information content (AvgIpc) is 3.30. The summed E-state index contributed by atoms with van der Waals surface area (Å²) in [4.78, 5) is 70.3. The third-order valence-electron chi connectivity index (χ3n) is 10.5. The molecule has 0 bridgehead atoms. The van der Waals surface area contributed by atoms with Gasteiger partial charge in [-0.05, 0) is 61.0 Å². The van der Waals surface area contributed by atoms with E-state index in [4.69, 9.17) is 33.2 Å². The highest BCUT2D eigenvalue weighted by Crippen LogP contribution is 2.53. The molecular formula is C43H34O25. The molecule has 25 nitrogen and oxygen atoms in total. The van der Waals surface area contributed by atoms with Crippen molar-refractivity contribution >= 4 is 29.8 Å². The molecule has 0 aromatic heterocycles. The largest absolute Gasteiger partial charge is 0.504 e. The number of benzene rings is 5. The quantitative estimate of drug-likeness (QED) is 0.0633. The second-order valence-corrected chi connectivity index (χ2v) is 14.8. The van der Waals surface area contributed by atoms with E-state index in [1.807, 2.05) is 0 Å². The molecule has 2 aliphatic heterocycles. The van der Waals surface area contributed by atoms with Crippen LogP contribution < -0.4 is 4.74 Å². The zero-order valence-electron chi connectivity index (χ0n) is 34.4. The number of methoxy groups -OCH3 is 1. The first-order valence-electron chi connectivity index (χ1n) is 19.1. The average molecular weight is 951 g/mol. The number of aryl methyl sites for hydroxylation is 1. The van der Waals surface area contributed by atoms with Crippen LogP contribution in [-0.2, 0) is 28.4 Å². The number of fused-ring (bicyclic) bond motifs is 4. The first kappa shape index (κ1) is 46.6. The Balaban J connectivity index is 1.45. The van der Waals surface area contributed by atoms with Gasteiger partial charge in [-0.15, -0.1) is 0 Å². The lowest BCUT2D eigenvalue weighted by atomic mass is 9.91. The number of carbonyl (C=O) groups excluding carboxylic acids is 5. The van der Waals surface area contributed by atoms with Crippen LogP contribution in [0, 0.1) is 6.92 Å². The van der Waals surface area contributed by atoms with Crippen LogP contribution >= 0.6 is 0 Å². The summed E-state index contributed by atoms with van der Waals surface area (Å²) in [6, 6.07) is 5.28. The third kappa shape index (κ3) is 8.26. The van der Waals surface area contributed by atoms with Gasteiger partial charge in [0, 0.05) is 11.1 Å². The Morgan fingerprint density at radius 2 is 0.956 bits per heavy atom. The summed E-state index contributed by atoms with van der Waals surface area (Å²) in [7, 11) is 1.00. The Bertz CT molecular complexity index is 2890. The van der Waals surface area contributed by atoms with Crippen molar-refractivity contribution in [2.75, 3.05) is 13.7 Å². The van der Waals surface area contributed by atoms with Crippen LogP contribution in [0.4, 0.5) is 0 Å². The Kier molecular flexibility index (Phi) is 12.0. The van der Waals surface area contributed by atoms with Crippen LogP contribution in [0.1, 0.15) is 57.4 Å². The number of carbonyl (C=O) groups is 5. The van der Waals surface area contributed by atoms with Gasteiger partial charge in [0.1, 0.15) is 12.7 Å². The molecule has 0 saturated carbocycles. The van der Waals surface area contributed by atoms with Crippen LogP contribution in [-0.4, -0.2) is 141 Å². The monoisotopic (exact) mass is 950 g/mol. The third-order valence-corrected chi connectivity index (χ3v) is 10.5. The normalized spacial score (nSPS) is 18.8. The maximum Gasteiger partial charge on any atom is 0.340 e. The molecule has 0 amide bonds. The SMILES string of the molecule is COc1cc2c(c(O)c1O)-c1c(cc(O)c(O)c1O)C(=O)O[C@@H]1C(COC2=O)O[C@@H](OC(=O)c2cc(O)c(O)c(O)c2)C(OC(=O)c2cc(C)c(O)c(O)c2)[C@H]1OC(=O)c1cc(O)c(O)c(O)c1. The standard InChI is InChI=1S/C43H34O25/c1-12-3-13(4-18(44)28(12)50)38(57)67-37-36(66-39(58)14-5-19(45)29(51)20(46)6-14)35-25(64-43(37)68-40(59)15-7-21(47)30(52)22(48)8-15)11-63-41(60)17-10-24(62-2)32(54)34(56)27(17)26-16(42(61)65-35)9-23(49)31(53)33(26)55/h3-10,25,35-37,43-56H,11H2,1-2H3/t25?,35-,36+,37?,43+/m1/s1. The fraction of sp³-hybridized carbons (Fsp3) is 0.186. The molecule has 0 spiro atoms. The van der Waals surface area contributed by atoms with Gasteiger partial charge in [-0.2, -0.15) is 0 Å². The number of ether oxygens (including phenoxy) is 7. The minimum atomic E-state index is -2.47. The fourth-order valence-electron chi connectivity index (χ4n) is 7.07. The smallest absolute Gasteiger partial charge is 0.340 e. The fourth-order valence-corrected chi connectivity index (χ4v) is 7.07. The van der Waals surface area contributed by atoms with E-state index in [-0.39, 0.29) is 5.56 Å². The summed E-state index contributed by atoms with van der Waals surface area (Å²) < 4.78 is 39.1. The molecule has 5 aromatic carbocycles. The molecule has 5 aromatic rings. The molecule has 25 heteroatoms. The summed E-state index contributed by atoms with van der Waals surface area (Å²) in [5, 5.41) is 136. The van der Waals surface area contributed by atoms with E-state index < -0.39 is 187 Å². The molecule has 7 rings (SSSR count). The number of hydrogen-bond donors (Lipinski definition) is 13. The van der Waals surface area contributed by atoms with Crippen molar-refractivity contribution in [3.63, 3.8) is 0 Å². The molecule has 2 unspecified atom stereocenters. The summed E-state index contributed by atoms with van der Waals surface area (Å²) >= 11 is 0. The van der Waals surface area contributed by atoms with Crippen molar-refractivity contribution in [1.29, 1.82) is 0 Å². The van der Waals surface area contributed by atoms with Gasteiger partial charge >= 0.3 is 29.8 Å².